The minimum atomic E-state index is 0.00244. The molecule has 0 aliphatic carbocycles. The molecule has 0 aromatic carbocycles. The lowest BCUT2D eigenvalue weighted by molar-refractivity contribution is 0.839. The maximum Gasteiger partial charge on any atom is 0.185 e. The fourth-order valence-electron chi connectivity index (χ4n) is 1.40. The van der Waals surface area contributed by atoms with Gasteiger partial charge in [0.05, 0.1) is 11.4 Å². The molecule has 2 aromatic heterocycles. The van der Waals surface area contributed by atoms with E-state index in [-0.39, 0.29) is 23.1 Å². The van der Waals surface area contributed by atoms with Crippen molar-refractivity contribution < 1.29 is 0 Å². The number of allylic oxidation sites excluding steroid dienone is 2. The predicted molar refractivity (Wildman–Crippen MR) is 89.1 cm³/mol. The second-order valence-corrected chi connectivity index (χ2v) is 6.76. The molecule has 0 fully saturated rings. The average molecular weight is 368 g/mol. The summed E-state index contributed by atoms with van der Waals surface area (Å²) in [6, 6.07) is 7.56. The zero-order valence-corrected chi connectivity index (χ0v) is 14.0. The number of nitriles is 2. The summed E-state index contributed by atoms with van der Waals surface area (Å²) < 4.78 is 0.320. The predicted octanol–water partition coefficient (Wildman–Crippen LogP) is 3.98. The molecule has 0 saturated carbocycles. The van der Waals surface area contributed by atoms with Crippen molar-refractivity contribution in [2.45, 2.75) is 6.54 Å². The lowest BCUT2D eigenvalue weighted by Gasteiger charge is -2.03. The highest BCUT2D eigenvalue weighted by Crippen LogP contribution is 2.26. The highest BCUT2D eigenvalue weighted by molar-refractivity contribution is 7.16. The maximum atomic E-state index is 9.17. The molecule has 0 unspecified atom stereocenters. The van der Waals surface area contributed by atoms with Crippen LogP contribution in [0.4, 0.5) is 0 Å². The molecule has 0 atom stereocenters. The second kappa shape index (κ2) is 7.92. The van der Waals surface area contributed by atoms with Crippen LogP contribution in [0.25, 0.3) is 0 Å². The highest BCUT2D eigenvalue weighted by Gasteiger charge is 2.10. The van der Waals surface area contributed by atoms with Crippen molar-refractivity contribution in [2.75, 3.05) is 0 Å². The number of hydrogen-bond acceptors (Lipinski definition) is 7. The van der Waals surface area contributed by atoms with Crippen molar-refractivity contribution in [3.05, 3.63) is 48.3 Å². The van der Waals surface area contributed by atoms with Crippen LogP contribution in [0.5, 0.6) is 0 Å². The Kier molecular flexibility index (Phi) is 5.93. The Morgan fingerprint density at radius 3 is 2.77 bits per heavy atom. The topological polar surface area (TPSA) is 84.9 Å². The Labute approximate surface area is 144 Å². The Bertz CT molecular complexity index is 793. The van der Waals surface area contributed by atoms with Gasteiger partial charge in [-0.15, -0.1) is 22.7 Å². The van der Waals surface area contributed by atoms with Crippen LogP contribution in [-0.2, 0) is 6.54 Å². The van der Waals surface area contributed by atoms with Gasteiger partial charge in [-0.25, -0.2) is 9.98 Å². The molecule has 2 heterocycles. The smallest absolute Gasteiger partial charge is 0.185 e. The van der Waals surface area contributed by atoms with Crippen molar-refractivity contribution in [3.63, 3.8) is 0 Å². The van der Waals surface area contributed by atoms with Crippen molar-refractivity contribution in [3.8, 4) is 12.1 Å². The third kappa shape index (κ3) is 4.30. The number of aromatic nitrogens is 1. The number of nitrogens with one attached hydrogen (secondary N) is 1. The lowest BCUT2D eigenvalue weighted by atomic mass is 10.3. The van der Waals surface area contributed by atoms with E-state index in [0.29, 0.717) is 9.34 Å². The minimum Gasteiger partial charge on any atom is -0.369 e. The van der Waals surface area contributed by atoms with Crippen molar-refractivity contribution in [2.24, 2.45) is 4.99 Å². The van der Waals surface area contributed by atoms with Gasteiger partial charge in [-0.2, -0.15) is 10.5 Å². The molecule has 0 aliphatic rings. The molecule has 2 aromatic rings. The van der Waals surface area contributed by atoms with E-state index < -0.39 is 0 Å². The van der Waals surface area contributed by atoms with Crippen LogP contribution in [0.1, 0.15) is 9.75 Å². The van der Waals surface area contributed by atoms with Crippen LogP contribution in [0.15, 0.2) is 33.9 Å². The molecule has 0 saturated heterocycles. The average Bonchev–Trinajstić information content (AvgIpc) is 3.12. The number of thiophene rings is 1. The molecular weight excluding hydrogens is 361 g/mol. The summed E-state index contributed by atoms with van der Waals surface area (Å²) in [6.07, 6.45) is 1.54. The number of halogens is 2. The zero-order chi connectivity index (χ0) is 15.9. The van der Waals surface area contributed by atoms with E-state index in [1.807, 2.05) is 29.7 Å². The summed E-state index contributed by atoms with van der Waals surface area (Å²) >= 11 is 14.3. The molecule has 9 heteroatoms. The molecule has 22 heavy (non-hydrogen) atoms. The van der Waals surface area contributed by atoms with E-state index in [2.05, 4.69) is 15.3 Å². The summed E-state index contributed by atoms with van der Waals surface area (Å²) in [6.45, 7) is 0.242. The fourth-order valence-corrected chi connectivity index (χ4v) is 3.33. The van der Waals surface area contributed by atoms with Gasteiger partial charge < -0.3 is 5.32 Å². The fraction of sp³-hybridized carbons (Fsp3) is 0.0769. The van der Waals surface area contributed by atoms with E-state index in [1.165, 1.54) is 22.7 Å². The quantitative estimate of drug-likeness (QED) is 0.639. The Morgan fingerprint density at radius 2 is 2.23 bits per heavy atom. The molecule has 0 spiro atoms. The Hall–Kier alpha value is -1.90. The van der Waals surface area contributed by atoms with Gasteiger partial charge in [0, 0.05) is 11.1 Å². The lowest BCUT2D eigenvalue weighted by Crippen LogP contribution is -2.12. The Morgan fingerprint density at radius 1 is 1.41 bits per heavy atom. The van der Waals surface area contributed by atoms with Crippen LogP contribution in [0.2, 0.25) is 9.62 Å². The summed E-state index contributed by atoms with van der Waals surface area (Å²) in [5.41, 5.74) is 0.0681. The molecule has 0 amide bonds. The van der Waals surface area contributed by atoms with Gasteiger partial charge in [-0.3, -0.25) is 0 Å². The first-order chi connectivity index (χ1) is 10.6. The molecule has 0 radical (unpaired) electrons. The third-order valence-corrected chi connectivity index (χ3v) is 4.76. The second-order valence-electron chi connectivity index (χ2n) is 3.76. The zero-order valence-electron chi connectivity index (χ0n) is 10.9. The van der Waals surface area contributed by atoms with Gasteiger partial charge >= 0.3 is 0 Å². The van der Waals surface area contributed by atoms with Crippen LogP contribution in [0, 0.1) is 22.7 Å². The van der Waals surface area contributed by atoms with E-state index >= 15 is 0 Å². The number of aliphatic imine (C=N–C) groups is 1. The number of hydrogen-bond donors (Lipinski definition) is 1. The van der Waals surface area contributed by atoms with Crippen LogP contribution >= 0.6 is 45.9 Å². The van der Waals surface area contributed by atoms with Crippen molar-refractivity contribution in [1.29, 1.82) is 10.5 Å². The van der Waals surface area contributed by atoms with E-state index in [0.717, 1.165) is 4.88 Å². The summed E-state index contributed by atoms with van der Waals surface area (Å²) in [5, 5.41) is 23.3. The third-order valence-electron chi connectivity index (χ3n) is 2.37. The van der Waals surface area contributed by atoms with Gasteiger partial charge in [0.25, 0.3) is 0 Å². The van der Waals surface area contributed by atoms with E-state index in [4.69, 9.17) is 28.5 Å². The number of rotatable bonds is 5. The Balaban J connectivity index is 2.15. The van der Waals surface area contributed by atoms with Gasteiger partial charge in [-0.05, 0) is 11.4 Å². The monoisotopic (exact) mass is 367 g/mol. The number of thiazole rings is 1. The SMILES string of the molecule is N#CC(N=Cc1cccs1)=C(C#N)NCc1sc(Cl)nc1Cl. The normalized spacial score (nSPS) is 11.8. The van der Waals surface area contributed by atoms with Crippen molar-refractivity contribution >= 4 is 52.1 Å². The molecule has 1 N–H and O–H groups in total. The first-order valence-corrected chi connectivity index (χ1v) is 8.26. The maximum absolute atomic E-state index is 9.17. The minimum absolute atomic E-state index is 0.00244. The molecule has 0 bridgehead atoms. The van der Waals surface area contributed by atoms with Crippen LogP contribution < -0.4 is 5.32 Å². The highest BCUT2D eigenvalue weighted by atomic mass is 35.5. The van der Waals surface area contributed by atoms with Gasteiger partial charge in [0.15, 0.2) is 15.9 Å². The van der Waals surface area contributed by atoms with Gasteiger partial charge in [0.1, 0.15) is 17.3 Å². The van der Waals surface area contributed by atoms with E-state index in [9.17, 15) is 5.26 Å². The molecule has 5 nitrogen and oxygen atoms in total. The summed E-state index contributed by atoms with van der Waals surface area (Å²) in [4.78, 5) is 9.48. The molecule has 110 valence electrons. The summed E-state index contributed by atoms with van der Waals surface area (Å²) in [5.74, 6) is 0. The van der Waals surface area contributed by atoms with Crippen LogP contribution in [0.3, 0.4) is 0 Å². The molecule has 0 aliphatic heterocycles. The standard InChI is InChI=1S/C13H7Cl2N5S2/c14-12-11(22-13(15)20-12)7-19-10(5-17)9(4-16)18-6-8-2-1-3-21-8/h1-3,6,19H,7H2. The van der Waals surface area contributed by atoms with Gasteiger partial charge in [-0.1, -0.05) is 29.3 Å². The summed E-state index contributed by atoms with van der Waals surface area (Å²) in [7, 11) is 0. The molecular formula is C13H7Cl2N5S2. The first-order valence-electron chi connectivity index (χ1n) is 5.80. The van der Waals surface area contributed by atoms with Gasteiger partial charge in [0.2, 0.25) is 0 Å². The molecule has 2 rings (SSSR count). The largest absolute Gasteiger partial charge is 0.369 e. The first kappa shape index (κ1) is 16.5. The van der Waals surface area contributed by atoms with Crippen LogP contribution in [-0.4, -0.2) is 11.2 Å². The number of nitrogens with zero attached hydrogens (tertiary/aromatic N) is 4. The van der Waals surface area contributed by atoms with E-state index in [1.54, 1.807) is 6.21 Å². The van der Waals surface area contributed by atoms with Crippen molar-refractivity contribution in [1.82, 2.24) is 10.3 Å².